The molecule has 3 N–H and O–H groups in total. The Labute approximate surface area is 75.7 Å². The van der Waals surface area contributed by atoms with Crippen LogP contribution in [0.3, 0.4) is 0 Å². The van der Waals surface area contributed by atoms with Gasteiger partial charge in [0.2, 0.25) is 5.82 Å². The van der Waals surface area contributed by atoms with Crippen LogP contribution in [0.4, 0.5) is 11.5 Å². The fourth-order valence-electron chi connectivity index (χ4n) is 1.28. The predicted octanol–water partition coefficient (Wildman–Crippen LogP) is -0.409. The first-order valence-electron chi connectivity index (χ1n) is 3.99. The third-order valence-corrected chi connectivity index (χ3v) is 2.01. The maximum Gasteiger partial charge on any atom is 0.207 e. The molecule has 13 heavy (non-hydrogen) atoms. The molecule has 0 aromatic carbocycles. The first-order valence-corrected chi connectivity index (χ1v) is 3.99. The summed E-state index contributed by atoms with van der Waals surface area (Å²) >= 11 is 0. The zero-order valence-electron chi connectivity index (χ0n) is 7.32. The van der Waals surface area contributed by atoms with E-state index in [1.165, 1.54) is 0 Å². The number of likely N-dealkylation sites (N-methyl/N-ethyl adjacent to an activating group) is 1. The van der Waals surface area contributed by atoms with Gasteiger partial charge in [0.15, 0.2) is 5.75 Å². The number of aromatic nitrogens is 2. The van der Waals surface area contributed by atoms with Gasteiger partial charge in [-0.2, -0.15) is 5.10 Å². The highest BCUT2D eigenvalue weighted by Crippen LogP contribution is 2.34. The minimum absolute atomic E-state index is 0.476. The van der Waals surface area contributed by atoms with E-state index in [1.807, 2.05) is 11.9 Å². The summed E-state index contributed by atoms with van der Waals surface area (Å²) in [6, 6.07) is 0. The number of hydrogen-bond donors (Lipinski definition) is 2. The van der Waals surface area contributed by atoms with E-state index in [1.54, 1.807) is 6.20 Å². The van der Waals surface area contributed by atoms with E-state index < -0.39 is 0 Å². The molecule has 1 aliphatic rings. The largest absolute Gasteiger partial charge is 0.486 e. The van der Waals surface area contributed by atoms with Crippen molar-refractivity contribution >= 4 is 11.5 Å². The second-order valence-electron chi connectivity index (χ2n) is 2.82. The summed E-state index contributed by atoms with van der Waals surface area (Å²) in [6.45, 7) is 1.49. The second kappa shape index (κ2) is 3.06. The summed E-state index contributed by atoms with van der Waals surface area (Å²) in [5, 5.41) is 7.61. The van der Waals surface area contributed by atoms with E-state index in [9.17, 15) is 0 Å². The molecule has 0 saturated heterocycles. The van der Waals surface area contributed by atoms with Crippen LogP contribution >= 0.6 is 0 Å². The van der Waals surface area contributed by atoms with Gasteiger partial charge in [0.25, 0.3) is 0 Å². The van der Waals surface area contributed by atoms with Crippen LogP contribution in [0.1, 0.15) is 0 Å². The Morgan fingerprint density at radius 2 is 2.54 bits per heavy atom. The second-order valence-corrected chi connectivity index (χ2v) is 2.82. The van der Waals surface area contributed by atoms with Crippen LogP contribution in [0.5, 0.6) is 5.75 Å². The average Bonchev–Trinajstić information content (AvgIpc) is 2.18. The Balaban J connectivity index is 2.48. The lowest BCUT2D eigenvalue weighted by Gasteiger charge is -2.27. The van der Waals surface area contributed by atoms with Crippen LogP contribution in [0, 0.1) is 0 Å². The average molecular weight is 181 g/mol. The summed E-state index contributed by atoms with van der Waals surface area (Å²) in [7, 11) is 1.98. The van der Waals surface area contributed by atoms with E-state index in [-0.39, 0.29) is 0 Å². The molecule has 6 nitrogen and oxygen atoms in total. The van der Waals surface area contributed by atoms with Gasteiger partial charge in [-0.25, -0.2) is 5.84 Å². The molecule has 0 amide bonds. The van der Waals surface area contributed by atoms with Gasteiger partial charge in [0, 0.05) is 7.05 Å². The van der Waals surface area contributed by atoms with Gasteiger partial charge in [0.1, 0.15) is 12.3 Å². The number of rotatable bonds is 1. The molecule has 2 rings (SSSR count). The number of nitrogens with zero attached hydrogens (tertiary/aromatic N) is 3. The lowest BCUT2D eigenvalue weighted by Crippen LogP contribution is -2.30. The van der Waals surface area contributed by atoms with Gasteiger partial charge in [-0.1, -0.05) is 0 Å². The molecule has 1 aromatic heterocycles. The van der Waals surface area contributed by atoms with Crippen LogP contribution in [0.2, 0.25) is 0 Å². The number of ether oxygens (including phenoxy) is 1. The van der Waals surface area contributed by atoms with Crippen LogP contribution < -0.4 is 20.9 Å². The van der Waals surface area contributed by atoms with Crippen molar-refractivity contribution in [2.45, 2.75) is 0 Å². The minimum Gasteiger partial charge on any atom is -0.486 e. The number of hydrazine groups is 1. The first kappa shape index (κ1) is 8.06. The smallest absolute Gasteiger partial charge is 0.207 e. The zero-order chi connectivity index (χ0) is 9.26. The van der Waals surface area contributed by atoms with Gasteiger partial charge in [-0.15, -0.1) is 5.10 Å². The standard InChI is InChI=1S/C7H11N5O/c1-12-2-3-13-6-5(12)4-9-11-7(6)10-8/h4H,2-3,8H2,1H3,(H,10,11). The lowest BCUT2D eigenvalue weighted by molar-refractivity contribution is 0.310. The molecule has 0 unspecified atom stereocenters. The van der Waals surface area contributed by atoms with E-state index in [4.69, 9.17) is 10.6 Å². The Kier molecular flexibility index (Phi) is 1.90. The summed E-state index contributed by atoms with van der Waals surface area (Å²) in [4.78, 5) is 2.05. The topological polar surface area (TPSA) is 76.3 Å². The van der Waals surface area contributed by atoms with Crippen molar-refractivity contribution < 1.29 is 4.74 Å². The summed E-state index contributed by atoms with van der Waals surface area (Å²) in [5.41, 5.74) is 3.36. The molecule has 1 aliphatic heterocycles. The number of nitrogens with one attached hydrogen (secondary N) is 1. The molecule has 0 saturated carbocycles. The number of hydrogen-bond acceptors (Lipinski definition) is 6. The van der Waals surface area contributed by atoms with Crippen molar-refractivity contribution in [3.05, 3.63) is 6.20 Å². The summed E-state index contributed by atoms with van der Waals surface area (Å²) in [5.74, 6) is 6.42. The minimum atomic E-state index is 0.476. The number of fused-ring (bicyclic) bond motifs is 1. The molecule has 0 atom stereocenters. The van der Waals surface area contributed by atoms with E-state index >= 15 is 0 Å². The van der Waals surface area contributed by atoms with Crippen LogP contribution in [-0.2, 0) is 0 Å². The summed E-state index contributed by atoms with van der Waals surface area (Å²) in [6.07, 6.45) is 1.66. The van der Waals surface area contributed by atoms with Crippen LogP contribution in [0.25, 0.3) is 0 Å². The molecule has 0 radical (unpaired) electrons. The predicted molar refractivity (Wildman–Crippen MR) is 48.6 cm³/mol. The number of nitrogens with two attached hydrogens (primary N) is 1. The highest BCUT2D eigenvalue weighted by molar-refractivity contribution is 5.67. The molecular formula is C7H11N5O. The van der Waals surface area contributed by atoms with Gasteiger partial charge in [-0.3, -0.25) is 0 Å². The maximum atomic E-state index is 5.43. The van der Waals surface area contributed by atoms with Crippen molar-refractivity contribution in [1.82, 2.24) is 10.2 Å². The summed E-state index contributed by atoms with van der Waals surface area (Å²) < 4.78 is 5.43. The highest BCUT2D eigenvalue weighted by atomic mass is 16.5. The fraction of sp³-hybridized carbons (Fsp3) is 0.429. The van der Waals surface area contributed by atoms with Crippen molar-refractivity contribution in [2.75, 3.05) is 30.5 Å². The molecule has 6 heteroatoms. The monoisotopic (exact) mass is 181 g/mol. The highest BCUT2D eigenvalue weighted by Gasteiger charge is 2.19. The quantitative estimate of drug-likeness (QED) is 0.453. The number of anilines is 2. The third-order valence-electron chi connectivity index (χ3n) is 2.01. The van der Waals surface area contributed by atoms with Crippen molar-refractivity contribution in [3.8, 4) is 5.75 Å². The van der Waals surface area contributed by atoms with Crippen LogP contribution in [-0.4, -0.2) is 30.4 Å². The first-order chi connectivity index (χ1) is 6.33. The Morgan fingerprint density at radius 1 is 1.69 bits per heavy atom. The maximum absolute atomic E-state index is 5.43. The van der Waals surface area contributed by atoms with E-state index in [0.29, 0.717) is 18.2 Å². The van der Waals surface area contributed by atoms with Crippen molar-refractivity contribution in [1.29, 1.82) is 0 Å². The molecular weight excluding hydrogens is 170 g/mol. The molecule has 2 heterocycles. The van der Waals surface area contributed by atoms with Gasteiger partial charge >= 0.3 is 0 Å². The Hall–Kier alpha value is -1.56. The number of nitrogen functional groups attached to an aromatic ring is 1. The lowest BCUT2D eigenvalue weighted by atomic mass is 10.3. The van der Waals surface area contributed by atoms with Crippen molar-refractivity contribution in [3.63, 3.8) is 0 Å². The normalized spacial score (nSPS) is 14.8. The molecule has 0 bridgehead atoms. The third kappa shape index (κ3) is 1.25. The molecule has 0 spiro atoms. The molecule has 1 aromatic rings. The van der Waals surface area contributed by atoms with Crippen molar-refractivity contribution in [2.24, 2.45) is 5.84 Å². The Bertz CT molecular complexity index is 316. The van der Waals surface area contributed by atoms with E-state index in [2.05, 4.69) is 15.6 Å². The van der Waals surface area contributed by atoms with Gasteiger partial charge in [0.05, 0.1) is 12.7 Å². The Morgan fingerprint density at radius 3 is 3.31 bits per heavy atom. The SMILES string of the molecule is CN1CCOc2c1cnnc2NN. The van der Waals surface area contributed by atoms with E-state index in [0.717, 1.165) is 12.2 Å². The van der Waals surface area contributed by atoms with Crippen LogP contribution in [0.15, 0.2) is 6.20 Å². The molecule has 0 fully saturated rings. The fourth-order valence-corrected chi connectivity index (χ4v) is 1.28. The van der Waals surface area contributed by atoms with Gasteiger partial charge in [-0.05, 0) is 0 Å². The zero-order valence-corrected chi connectivity index (χ0v) is 7.32. The molecule has 70 valence electrons. The molecule has 0 aliphatic carbocycles. The van der Waals surface area contributed by atoms with Gasteiger partial charge < -0.3 is 15.1 Å².